The van der Waals surface area contributed by atoms with Crippen molar-refractivity contribution in [1.82, 2.24) is 9.80 Å². The monoisotopic (exact) mass is 491 g/mol. The van der Waals surface area contributed by atoms with Gasteiger partial charge in [-0.25, -0.2) is 0 Å². The molecule has 3 aromatic rings. The van der Waals surface area contributed by atoms with Crippen LogP contribution in [0.5, 0.6) is 5.75 Å². The number of aromatic hydroxyl groups is 1. The molecule has 3 aromatic carbocycles. The zero-order valence-electron chi connectivity index (χ0n) is 20.5. The third-order valence-electron chi connectivity index (χ3n) is 6.86. The van der Waals surface area contributed by atoms with Crippen molar-refractivity contribution in [2.24, 2.45) is 0 Å². The number of carbonyl (C=O) groups excluding carboxylic acids is 1. The van der Waals surface area contributed by atoms with Gasteiger partial charge < -0.3 is 15.3 Å². The molecule has 35 heavy (non-hydrogen) atoms. The van der Waals surface area contributed by atoms with Gasteiger partial charge >= 0.3 is 0 Å². The third-order valence-corrected chi connectivity index (χ3v) is 7.11. The highest BCUT2D eigenvalue weighted by atomic mass is 35.5. The SMILES string of the molecule is CCN(CC)C(=O)c1ccc(Nc2cccc(O)c2C2CCN(Cc3ccc(Cl)cc3)CC2)cc1. The fourth-order valence-corrected chi connectivity index (χ4v) is 4.99. The van der Waals surface area contributed by atoms with Gasteiger partial charge in [-0.1, -0.05) is 29.8 Å². The minimum Gasteiger partial charge on any atom is -0.508 e. The number of halogens is 1. The van der Waals surface area contributed by atoms with Crippen molar-refractivity contribution < 1.29 is 9.90 Å². The normalized spacial score (nSPS) is 14.6. The van der Waals surface area contributed by atoms with Crippen LogP contribution in [0.2, 0.25) is 5.02 Å². The van der Waals surface area contributed by atoms with E-state index in [1.54, 1.807) is 6.07 Å². The number of phenols is 1. The third kappa shape index (κ3) is 6.16. The lowest BCUT2D eigenvalue weighted by molar-refractivity contribution is 0.0773. The number of phenolic OH excluding ortho intramolecular Hbond substituents is 1. The zero-order chi connectivity index (χ0) is 24.8. The molecule has 1 fully saturated rings. The van der Waals surface area contributed by atoms with Gasteiger partial charge in [0.05, 0.1) is 0 Å². The highest BCUT2D eigenvalue weighted by molar-refractivity contribution is 6.30. The molecule has 2 N–H and O–H groups in total. The van der Waals surface area contributed by atoms with Gasteiger partial charge in [0.15, 0.2) is 0 Å². The molecule has 0 radical (unpaired) electrons. The van der Waals surface area contributed by atoms with Gasteiger partial charge in [0, 0.05) is 47.2 Å². The van der Waals surface area contributed by atoms with Crippen LogP contribution in [0.25, 0.3) is 0 Å². The first-order valence-electron chi connectivity index (χ1n) is 12.4. The van der Waals surface area contributed by atoms with Crippen molar-refractivity contribution in [3.05, 3.63) is 88.4 Å². The number of nitrogens with one attached hydrogen (secondary N) is 1. The van der Waals surface area contributed by atoms with Gasteiger partial charge in [-0.3, -0.25) is 9.69 Å². The van der Waals surface area contributed by atoms with E-state index < -0.39 is 0 Å². The van der Waals surface area contributed by atoms with Gasteiger partial charge in [0.25, 0.3) is 5.91 Å². The van der Waals surface area contributed by atoms with Gasteiger partial charge in [0.1, 0.15) is 5.75 Å². The highest BCUT2D eigenvalue weighted by Gasteiger charge is 2.25. The summed E-state index contributed by atoms with van der Waals surface area (Å²) in [4.78, 5) is 16.9. The molecule has 4 rings (SSSR count). The Morgan fingerprint density at radius 1 is 1.00 bits per heavy atom. The van der Waals surface area contributed by atoms with Crippen LogP contribution in [0.15, 0.2) is 66.7 Å². The van der Waals surface area contributed by atoms with Crippen LogP contribution in [-0.4, -0.2) is 47.0 Å². The number of hydrogen-bond donors (Lipinski definition) is 2. The van der Waals surface area contributed by atoms with Crippen LogP contribution >= 0.6 is 11.6 Å². The molecule has 1 saturated heterocycles. The molecule has 0 bridgehead atoms. The molecule has 1 aliphatic rings. The Hall–Kier alpha value is -3.02. The number of carbonyl (C=O) groups is 1. The molecule has 1 heterocycles. The van der Waals surface area contributed by atoms with Gasteiger partial charge in [-0.2, -0.15) is 0 Å². The van der Waals surface area contributed by atoms with E-state index in [0.29, 0.717) is 24.4 Å². The summed E-state index contributed by atoms with van der Waals surface area (Å²) in [6, 6.07) is 21.3. The number of nitrogens with zero attached hydrogens (tertiary/aromatic N) is 2. The quantitative estimate of drug-likeness (QED) is 0.370. The molecule has 5 nitrogen and oxygen atoms in total. The van der Waals surface area contributed by atoms with E-state index in [1.807, 2.05) is 67.3 Å². The molecular formula is C29H34ClN3O2. The number of benzene rings is 3. The molecule has 0 unspecified atom stereocenters. The Morgan fingerprint density at radius 3 is 2.29 bits per heavy atom. The molecule has 0 aliphatic carbocycles. The first kappa shape index (κ1) is 25.1. The van der Waals surface area contributed by atoms with Crippen molar-refractivity contribution in [3.63, 3.8) is 0 Å². The van der Waals surface area contributed by atoms with Crippen molar-refractivity contribution >= 4 is 28.9 Å². The summed E-state index contributed by atoms with van der Waals surface area (Å²) in [5.41, 5.74) is 4.74. The molecule has 1 aliphatic heterocycles. The lowest BCUT2D eigenvalue weighted by atomic mass is 9.87. The maximum absolute atomic E-state index is 12.6. The number of hydrogen-bond acceptors (Lipinski definition) is 4. The molecule has 0 atom stereocenters. The van der Waals surface area contributed by atoms with Crippen LogP contribution < -0.4 is 5.32 Å². The number of piperidine rings is 1. The number of likely N-dealkylation sites (tertiary alicyclic amines) is 1. The van der Waals surface area contributed by atoms with E-state index >= 15 is 0 Å². The largest absolute Gasteiger partial charge is 0.508 e. The van der Waals surface area contributed by atoms with Crippen LogP contribution in [0.3, 0.4) is 0 Å². The molecule has 0 spiro atoms. The van der Waals surface area contributed by atoms with Gasteiger partial charge in [-0.05, 0) is 99.8 Å². The van der Waals surface area contributed by atoms with Crippen molar-refractivity contribution in [2.75, 3.05) is 31.5 Å². The second kappa shape index (κ2) is 11.6. The fourth-order valence-electron chi connectivity index (χ4n) is 4.86. The van der Waals surface area contributed by atoms with Crippen molar-refractivity contribution in [1.29, 1.82) is 0 Å². The predicted molar refractivity (Wildman–Crippen MR) is 144 cm³/mol. The summed E-state index contributed by atoms with van der Waals surface area (Å²) in [5, 5.41) is 15.0. The minimum absolute atomic E-state index is 0.0463. The predicted octanol–water partition coefficient (Wildman–Crippen LogP) is 6.65. The zero-order valence-corrected chi connectivity index (χ0v) is 21.3. The number of anilines is 2. The van der Waals surface area contributed by atoms with Crippen LogP contribution in [0.1, 0.15) is 54.1 Å². The Morgan fingerprint density at radius 2 is 1.66 bits per heavy atom. The van der Waals surface area contributed by atoms with Crippen LogP contribution in [0.4, 0.5) is 11.4 Å². The van der Waals surface area contributed by atoms with E-state index in [-0.39, 0.29) is 11.8 Å². The molecule has 1 amide bonds. The Kier molecular flexibility index (Phi) is 8.32. The van der Waals surface area contributed by atoms with E-state index in [1.165, 1.54) is 5.56 Å². The number of amides is 1. The van der Waals surface area contributed by atoms with E-state index in [9.17, 15) is 9.90 Å². The second-order valence-corrected chi connectivity index (χ2v) is 9.53. The van der Waals surface area contributed by atoms with Gasteiger partial charge in [-0.15, -0.1) is 0 Å². The Balaban J connectivity index is 1.43. The second-order valence-electron chi connectivity index (χ2n) is 9.10. The number of rotatable bonds is 8. The topological polar surface area (TPSA) is 55.8 Å². The summed E-state index contributed by atoms with van der Waals surface area (Å²) in [5.74, 6) is 0.660. The maximum Gasteiger partial charge on any atom is 0.253 e. The summed E-state index contributed by atoms with van der Waals surface area (Å²) in [7, 11) is 0. The fraction of sp³-hybridized carbons (Fsp3) is 0.345. The first-order valence-corrected chi connectivity index (χ1v) is 12.8. The van der Waals surface area contributed by atoms with E-state index in [2.05, 4.69) is 22.3 Å². The Bertz CT molecular complexity index is 1120. The summed E-state index contributed by atoms with van der Waals surface area (Å²) in [6.07, 6.45) is 1.97. The minimum atomic E-state index is 0.0463. The maximum atomic E-state index is 12.6. The lowest BCUT2D eigenvalue weighted by Gasteiger charge is -2.33. The highest BCUT2D eigenvalue weighted by Crippen LogP contribution is 2.40. The van der Waals surface area contributed by atoms with Crippen LogP contribution in [-0.2, 0) is 6.54 Å². The smallest absolute Gasteiger partial charge is 0.253 e. The summed E-state index contributed by atoms with van der Waals surface area (Å²) in [6.45, 7) is 8.23. The van der Waals surface area contributed by atoms with Crippen molar-refractivity contribution in [2.45, 2.75) is 39.2 Å². The standard InChI is InChI=1S/C29H34ClN3O2/c1-3-33(4-2)29(35)23-10-14-25(15-11-23)31-26-6-5-7-27(34)28(26)22-16-18-32(19-17-22)20-21-8-12-24(30)13-9-21/h5-15,22,31,34H,3-4,16-20H2,1-2H3. The molecule has 0 saturated carbocycles. The van der Waals surface area contributed by atoms with E-state index in [4.69, 9.17) is 11.6 Å². The molecule has 0 aromatic heterocycles. The van der Waals surface area contributed by atoms with Gasteiger partial charge in [0.2, 0.25) is 0 Å². The first-order chi connectivity index (χ1) is 17.0. The lowest BCUT2D eigenvalue weighted by Crippen LogP contribution is -2.32. The van der Waals surface area contributed by atoms with E-state index in [0.717, 1.165) is 54.4 Å². The summed E-state index contributed by atoms with van der Waals surface area (Å²) < 4.78 is 0. The summed E-state index contributed by atoms with van der Waals surface area (Å²) >= 11 is 6.01. The molecular weight excluding hydrogens is 458 g/mol. The molecule has 6 heteroatoms. The Labute approximate surface area is 213 Å². The molecule has 184 valence electrons. The average Bonchev–Trinajstić information content (AvgIpc) is 2.87. The average molecular weight is 492 g/mol. The van der Waals surface area contributed by atoms with Crippen LogP contribution in [0, 0.1) is 0 Å². The van der Waals surface area contributed by atoms with Crippen molar-refractivity contribution in [3.8, 4) is 5.75 Å².